The van der Waals surface area contributed by atoms with Crippen LogP contribution in [0, 0.1) is 52.3 Å². The molecule has 0 saturated heterocycles. The third-order valence-electron chi connectivity index (χ3n) is 10.6. The topological polar surface area (TPSA) is 17.1 Å². The van der Waals surface area contributed by atoms with E-state index in [1.807, 2.05) is 0 Å². The second-order valence-electron chi connectivity index (χ2n) is 12.4. The van der Waals surface area contributed by atoms with Crippen molar-refractivity contribution in [3.05, 3.63) is 0 Å². The molecule has 4 fully saturated rings. The van der Waals surface area contributed by atoms with Crippen LogP contribution in [0.5, 0.6) is 0 Å². The van der Waals surface area contributed by atoms with Crippen molar-refractivity contribution in [3.8, 4) is 0 Å². The van der Waals surface area contributed by atoms with Gasteiger partial charge in [0.25, 0.3) is 0 Å². The van der Waals surface area contributed by atoms with Crippen LogP contribution in [0.2, 0.25) is 0 Å². The second kappa shape index (κ2) is 7.73. The summed E-state index contributed by atoms with van der Waals surface area (Å²) in [5.41, 5.74) is 0.844. The molecule has 4 aliphatic carbocycles. The zero-order valence-electron chi connectivity index (χ0n) is 19.4. The Morgan fingerprint density at radius 2 is 1.64 bits per heavy atom. The zero-order chi connectivity index (χ0) is 20.1. The van der Waals surface area contributed by atoms with Gasteiger partial charge in [0.1, 0.15) is 5.78 Å². The van der Waals surface area contributed by atoms with Crippen LogP contribution in [0.1, 0.15) is 112 Å². The molecule has 1 nitrogen and oxygen atoms in total. The number of hydrogen-bond donors (Lipinski definition) is 0. The predicted molar refractivity (Wildman–Crippen MR) is 118 cm³/mol. The van der Waals surface area contributed by atoms with E-state index in [4.69, 9.17) is 0 Å². The normalized spacial score (nSPS) is 46.8. The van der Waals surface area contributed by atoms with E-state index < -0.39 is 0 Å². The molecule has 0 aromatic heterocycles. The Morgan fingerprint density at radius 3 is 2.39 bits per heavy atom. The summed E-state index contributed by atoms with van der Waals surface area (Å²) >= 11 is 0. The molecule has 0 aromatic rings. The number of ketones is 1. The van der Waals surface area contributed by atoms with Crippen molar-refractivity contribution in [3.63, 3.8) is 0 Å². The number of hydrogen-bond acceptors (Lipinski definition) is 1. The molecule has 1 heteroatoms. The van der Waals surface area contributed by atoms with Gasteiger partial charge in [-0.15, -0.1) is 0 Å². The van der Waals surface area contributed by atoms with Gasteiger partial charge in [0, 0.05) is 12.3 Å². The zero-order valence-corrected chi connectivity index (χ0v) is 19.4. The van der Waals surface area contributed by atoms with Gasteiger partial charge >= 0.3 is 0 Å². The molecule has 4 rings (SSSR count). The summed E-state index contributed by atoms with van der Waals surface area (Å²) in [5.74, 6) is 6.03. The first-order chi connectivity index (χ1) is 13.3. The van der Waals surface area contributed by atoms with Gasteiger partial charge in [0.15, 0.2) is 0 Å². The van der Waals surface area contributed by atoms with Crippen LogP contribution in [-0.4, -0.2) is 5.78 Å². The lowest BCUT2D eigenvalue weighted by Gasteiger charge is -2.60. The van der Waals surface area contributed by atoms with Crippen LogP contribution in [0.3, 0.4) is 0 Å². The summed E-state index contributed by atoms with van der Waals surface area (Å²) in [6.45, 7) is 12.4. The minimum atomic E-state index is 0.334. The van der Waals surface area contributed by atoms with E-state index in [-0.39, 0.29) is 0 Å². The van der Waals surface area contributed by atoms with Crippen molar-refractivity contribution in [2.75, 3.05) is 0 Å². The first kappa shape index (κ1) is 20.9. The minimum absolute atomic E-state index is 0.334. The van der Waals surface area contributed by atoms with E-state index in [1.165, 1.54) is 70.6 Å². The van der Waals surface area contributed by atoms with E-state index in [2.05, 4.69) is 34.6 Å². The van der Waals surface area contributed by atoms with Crippen LogP contribution < -0.4 is 0 Å². The number of Topliss-reactive ketones (excluding diaryl/α,β-unsaturated/α-hetero) is 1. The standard InChI is InChI=1S/C27H46O/c1-18(2)9-8-10-19(3)21-12-13-22-20-17-25(28)24-11-6-7-15-26(24,4)23(20)14-16-27(21,22)5/h18-24H,6-17H2,1-5H3/t19-,20+,21-,22+,23+,24-,26-,27-/m1/s1. The van der Waals surface area contributed by atoms with Crippen LogP contribution in [-0.2, 0) is 4.79 Å². The lowest BCUT2D eigenvalue weighted by molar-refractivity contribution is -0.154. The highest BCUT2D eigenvalue weighted by atomic mass is 16.1. The largest absolute Gasteiger partial charge is 0.299 e. The Morgan fingerprint density at radius 1 is 0.893 bits per heavy atom. The van der Waals surface area contributed by atoms with Gasteiger partial charge < -0.3 is 0 Å². The molecule has 0 radical (unpaired) electrons. The van der Waals surface area contributed by atoms with Crippen molar-refractivity contribution in [1.82, 2.24) is 0 Å². The van der Waals surface area contributed by atoms with Gasteiger partial charge in [-0.25, -0.2) is 0 Å². The van der Waals surface area contributed by atoms with Gasteiger partial charge in [-0.3, -0.25) is 4.79 Å². The molecular weight excluding hydrogens is 340 g/mol. The van der Waals surface area contributed by atoms with Gasteiger partial charge in [-0.2, -0.15) is 0 Å². The van der Waals surface area contributed by atoms with Crippen LogP contribution in [0.4, 0.5) is 0 Å². The predicted octanol–water partition coefficient (Wildman–Crippen LogP) is 7.68. The molecule has 28 heavy (non-hydrogen) atoms. The molecule has 0 bridgehead atoms. The van der Waals surface area contributed by atoms with Crippen molar-refractivity contribution >= 4 is 5.78 Å². The average molecular weight is 387 g/mol. The SMILES string of the molecule is CC(C)CCC[C@@H](C)[C@H]1CC[C@H]2[C@@H]3CC(=O)[C@H]4CCCC[C@]4(C)[C@H]3CC[C@]12C. The Kier molecular flexibility index (Phi) is 5.78. The molecule has 8 atom stereocenters. The second-order valence-corrected chi connectivity index (χ2v) is 12.4. The summed E-state index contributed by atoms with van der Waals surface area (Å²) in [6.07, 6.45) is 16.0. The molecule has 0 N–H and O–H groups in total. The smallest absolute Gasteiger partial charge is 0.136 e. The molecule has 0 heterocycles. The number of fused-ring (bicyclic) bond motifs is 5. The fourth-order valence-corrected chi connectivity index (χ4v) is 9.12. The highest BCUT2D eigenvalue weighted by Crippen LogP contribution is 2.67. The summed E-state index contributed by atoms with van der Waals surface area (Å²) in [4.78, 5) is 13.2. The molecule has 0 unspecified atom stereocenters. The van der Waals surface area contributed by atoms with Gasteiger partial charge in [-0.1, -0.05) is 66.7 Å². The molecule has 0 aliphatic heterocycles. The van der Waals surface area contributed by atoms with E-state index in [1.54, 1.807) is 0 Å². The number of rotatable bonds is 5. The summed E-state index contributed by atoms with van der Waals surface area (Å²) in [5, 5.41) is 0. The van der Waals surface area contributed by atoms with Crippen molar-refractivity contribution in [1.29, 1.82) is 0 Å². The van der Waals surface area contributed by atoms with Crippen LogP contribution in [0.25, 0.3) is 0 Å². The minimum Gasteiger partial charge on any atom is -0.299 e. The van der Waals surface area contributed by atoms with E-state index in [9.17, 15) is 4.79 Å². The maximum atomic E-state index is 13.2. The average Bonchev–Trinajstić information content (AvgIpc) is 2.99. The third kappa shape index (κ3) is 3.31. The van der Waals surface area contributed by atoms with Gasteiger partial charge in [-0.05, 0) is 84.9 Å². The van der Waals surface area contributed by atoms with Gasteiger partial charge in [0.2, 0.25) is 0 Å². The van der Waals surface area contributed by atoms with Crippen LogP contribution >= 0.6 is 0 Å². The molecule has 0 amide bonds. The summed E-state index contributed by atoms with van der Waals surface area (Å²) in [7, 11) is 0. The maximum absolute atomic E-state index is 13.2. The molecular formula is C27H46O. The number of carbonyl (C=O) groups is 1. The fraction of sp³-hybridized carbons (Fsp3) is 0.963. The van der Waals surface area contributed by atoms with Crippen molar-refractivity contribution in [2.45, 2.75) is 112 Å². The first-order valence-electron chi connectivity index (χ1n) is 12.8. The maximum Gasteiger partial charge on any atom is 0.136 e. The Balaban J connectivity index is 1.50. The van der Waals surface area contributed by atoms with Crippen molar-refractivity contribution < 1.29 is 4.79 Å². The Labute approximate surface area is 174 Å². The number of carbonyl (C=O) groups excluding carboxylic acids is 1. The molecule has 4 aliphatic rings. The van der Waals surface area contributed by atoms with Gasteiger partial charge in [0.05, 0.1) is 0 Å². The summed E-state index contributed by atoms with van der Waals surface area (Å²) < 4.78 is 0. The molecule has 4 saturated carbocycles. The quantitative estimate of drug-likeness (QED) is 0.473. The molecule has 0 aromatic carbocycles. The van der Waals surface area contributed by atoms with Crippen molar-refractivity contribution in [2.24, 2.45) is 52.3 Å². The first-order valence-corrected chi connectivity index (χ1v) is 12.8. The lowest BCUT2D eigenvalue weighted by atomic mass is 9.44. The van der Waals surface area contributed by atoms with E-state index in [0.717, 1.165) is 36.0 Å². The van der Waals surface area contributed by atoms with E-state index >= 15 is 0 Å². The van der Waals surface area contributed by atoms with Crippen LogP contribution in [0.15, 0.2) is 0 Å². The highest BCUT2D eigenvalue weighted by Gasteiger charge is 2.61. The summed E-state index contributed by atoms with van der Waals surface area (Å²) in [6, 6.07) is 0. The van der Waals surface area contributed by atoms with E-state index in [0.29, 0.717) is 28.4 Å². The molecule has 160 valence electrons. The fourth-order valence-electron chi connectivity index (χ4n) is 9.12. The Bertz CT molecular complexity index is 579. The third-order valence-corrected chi connectivity index (χ3v) is 10.6. The monoisotopic (exact) mass is 386 g/mol. The highest BCUT2D eigenvalue weighted by molar-refractivity contribution is 5.83. The molecule has 0 spiro atoms. The Hall–Kier alpha value is -0.330. The lowest BCUT2D eigenvalue weighted by Crippen LogP contribution is -2.56.